The van der Waals surface area contributed by atoms with Gasteiger partial charge in [-0.1, -0.05) is 6.07 Å². The number of aryl methyl sites for hydroxylation is 2. The fourth-order valence-electron chi connectivity index (χ4n) is 2.33. The van der Waals surface area contributed by atoms with Crippen molar-refractivity contribution in [2.75, 3.05) is 31.6 Å². The first-order valence-electron chi connectivity index (χ1n) is 8.86. The Labute approximate surface area is 170 Å². The number of carbonyl (C=O) groups excluding carboxylic acids is 2. The Hall–Kier alpha value is -2.91. The average Bonchev–Trinajstić information content (AvgIpc) is 2.68. The van der Waals surface area contributed by atoms with Gasteiger partial charge in [-0.3, -0.25) is 9.52 Å². The molecule has 0 aromatic heterocycles. The zero-order valence-electron chi connectivity index (χ0n) is 16.5. The molecular formula is C20H24N2O6S. The number of methoxy groups -OCH3 is 1. The van der Waals surface area contributed by atoms with E-state index < -0.39 is 28.5 Å². The molecule has 156 valence electrons. The van der Waals surface area contributed by atoms with E-state index in [1.54, 1.807) is 12.1 Å². The van der Waals surface area contributed by atoms with Gasteiger partial charge in [-0.25, -0.2) is 13.2 Å². The van der Waals surface area contributed by atoms with E-state index in [-0.39, 0.29) is 10.5 Å². The molecule has 9 heteroatoms. The largest absolute Gasteiger partial charge is 0.452 e. The van der Waals surface area contributed by atoms with Crippen LogP contribution in [0.2, 0.25) is 0 Å². The molecule has 0 spiro atoms. The SMILES string of the molecule is COCCNC(=O)COC(=O)c1ccc(NS(=O)(=O)c2ccc(C)c(C)c2)cc1. The van der Waals surface area contributed by atoms with Gasteiger partial charge in [0.1, 0.15) is 0 Å². The summed E-state index contributed by atoms with van der Waals surface area (Å²) in [5.41, 5.74) is 2.37. The number of sulfonamides is 1. The van der Waals surface area contributed by atoms with Crippen molar-refractivity contribution in [2.45, 2.75) is 18.7 Å². The molecule has 2 N–H and O–H groups in total. The molecule has 0 aliphatic rings. The summed E-state index contributed by atoms with van der Waals surface area (Å²) in [7, 11) is -2.24. The van der Waals surface area contributed by atoms with E-state index in [0.717, 1.165) is 11.1 Å². The van der Waals surface area contributed by atoms with E-state index in [1.165, 1.54) is 37.4 Å². The molecule has 0 unspecified atom stereocenters. The van der Waals surface area contributed by atoms with Crippen LogP contribution in [0.1, 0.15) is 21.5 Å². The fraction of sp³-hybridized carbons (Fsp3) is 0.300. The van der Waals surface area contributed by atoms with E-state index in [1.807, 2.05) is 13.8 Å². The molecule has 2 rings (SSSR count). The molecule has 0 saturated carbocycles. The standard InChI is InChI=1S/C20H24N2O6S/c1-14-4-9-18(12-15(14)2)29(25,26)22-17-7-5-16(6-8-17)20(24)28-13-19(23)21-10-11-27-3/h4-9,12,22H,10-11,13H2,1-3H3,(H,21,23). The van der Waals surface area contributed by atoms with Crippen molar-refractivity contribution in [1.29, 1.82) is 0 Å². The van der Waals surface area contributed by atoms with Crippen molar-refractivity contribution in [3.05, 3.63) is 59.2 Å². The lowest BCUT2D eigenvalue weighted by Gasteiger charge is -2.10. The van der Waals surface area contributed by atoms with Crippen molar-refractivity contribution in [1.82, 2.24) is 5.32 Å². The number of nitrogens with one attached hydrogen (secondary N) is 2. The Morgan fingerprint density at radius 2 is 1.69 bits per heavy atom. The van der Waals surface area contributed by atoms with Crippen LogP contribution in [0.15, 0.2) is 47.4 Å². The molecule has 0 saturated heterocycles. The maximum absolute atomic E-state index is 12.5. The molecule has 2 aromatic rings. The minimum atomic E-state index is -3.75. The van der Waals surface area contributed by atoms with Gasteiger partial charge in [-0.05, 0) is 61.4 Å². The quantitative estimate of drug-likeness (QED) is 0.474. The number of carbonyl (C=O) groups is 2. The molecule has 0 heterocycles. The van der Waals surface area contributed by atoms with Gasteiger partial charge in [0.05, 0.1) is 17.1 Å². The number of anilines is 1. The normalized spacial score (nSPS) is 11.0. The van der Waals surface area contributed by atoms with Crippen molar-refractivity contribution in [3.63, 3.8) is 0 Å². The molecule has 0 radical (unpaired) electrons. The van der Waals surface area contributed by atoms with Crippen molar-refractivity contribution < 1.29 is 27.5 Å². The molecule has 1 amide bonds. The van der Waals surface area contributed by atoms with Gasteiger partial charge in [0.2, 0.25) is 0 Å². The third-order valence-electron chi connectivity index (χ3n) is 4.12. The topological polar surface area (TPSA) is 111 Å². The number of hydrogen-bond donors (Lipinski definition) is 2. The minimum Gasteiger partial charge on any atom is -0.452 e. The Morgan fingerprint density at radius 3 is 2.31 bits per heavy atom. The Kier molecular flexibility index (Phi) is 7.74. The highest BCUT2D eigenvalue weighted by atomic mass is 32.2. The summed E-state index contributed by atoms with van der Waals surface area (Å²) in [6, 6.07) is 10.6. The molecule has 0 aliphatic carbocycles. The number of benzene rings is 2. The zero-order chi connectivity index (χ0) is 21.4. The lowest BCUT2D eigenvalue weighted by atomic mass is 10.1. The van der Waals surface area contributed by atoms with Crippen LogP contribution in [0.5, 0.6) is 0 Å². The maximum Gasteiger partial charge on any atom is 0.338 e. The molecule has 0 bridgehead atoms. The first-order chi connectivity index (χ1) is 13.7. The smallest absolute Gasteiger partial charge is 0.338 e. The Morgan fingerprint density at radius 1 is 1.00 bits per heavy atom. The molecule has 2 aromatic carbocycles. The highest BCUT2D eigenvalue weighted by molar-refractivity contribution is 7.92. The summed E-state index contributed by atoms with van der Waals surface area (Å²) in [5.74, 6) is -1.12. The molecule has 0 aliphatic heterocycles. The molecule has 29 heavy (non-hydrogen) atoms. The van der Waals surface area contributed by atoms with Crippen LogP contribution in [0, 0.1) is 13.8 Å². The summed E-state index contributed by atoms with van der Waals surface area (Å²) in [6.07, 6.45) is 0. The fourth-order valence-corrected chi connectivity index (χ4v) is 3.47. The lowest BCUT2D eigenvalue weighted by molar-refractivity contribution is -0.124. The van der Waals surface area contributed by atoms with Gasteiger partial charge < -0.3 is 14.8 Å². The highest BCUT2D eigenvalue weighted by Crippen LogP contribution is 2.19. The van der Waals surface area contributed by atoms with Crippen LogP contribution in [0.4, 0.5) is 5.69 Å². The third-order valence-corrected chi connectivity index (χ3v) is 5.50. The highest BCUT2D eigenvalue weighted by Gasteiger charge is 2.16. The van der Waals surface area contributed by atoms with Crippen LogP contribution in [0.25, 0.3) is 0 Å². The number of rotatable bonds is 9. The molecule has 8 nitrogen and oxygen atoms in total. The van der Waals surface area contributed by atoms with Crippen molar-refractivity contribution in [2.24, 2.45) is 0 Å². The first-order valence-corrected chi connectivity index (χ1v) is 10.3. The van der Waals surface area contributed by atoms with Gasteiger partial charge in [0.25, 0.3) is 15.9 Å². The molecule has 0 atom stereocenters. The van der Waals surface area contributed by atoms with Crippen LogP contribution in [0.3, 0.4) is 0 Å². The summed E-state index contributed by atoms with van der Waals surface area (Å²) in [5, 5.41) is 2.53. The number of hydrogen-bond acceptors (Lipinski definition) is 6. The Balaban J connectivity index is 1.96. The van der Waals surface area contributed by atoms with Crippen LogP contribution in [-0.2, 0) is 24.3 Å². The monoisotopic (exact) mass is 420 g/mol. The second-order valence-corrected chi connectivity index (χ2v) is 8.03. The summed E-state index contributed by atoms with van der Waals surface area (Å²) in [6.45, 7) is 4.01. The van der Waals surface area contributed by atoms with Gasteiger partial charge in [-0.2, -0.15) is 0 Å². The van der Waals surface area contributed by atoms with Crippen molar-refractivity contribution in [3.8, 4) is 0 Å². The predicted molar refractivity (Wildman–Crippen MR) is 108 cm³/mol. The summed E-state index contributed by atoms with van der Waals surface area (Å²) in [4.78, 5) is 23.7. The van der Waals surface area contributed by atoms with Gasteiger partial charge in [0.15, 0.2) is 6.61 Å². The van der Waals surface area contributed by atoms with E-state index >= 15 is 0 Å². The van der Waals surface area contributed by atoms with E-state index in [0.29, 0.717) is 18.8 Å². The first kappa shape index (κ1) is 22.4. The van der Waals surface area contributed by atoms with Crippen LogP contribution in [-0.4, -0.2) is 47.2 Å². The second-order valence-electron chi connectivity index (χ2n) is 6.35. The van der Waals surface area contributed by atoms with Gasteiger partial charge >= 0.3 is 5.97 Å². The summed E-state index contributed by atoms with van der Waals surface area (Å²) < 4.78 is 37.2. The number of esters is 1. The van der Waals surface area contributed by atoms with Crippen LogP contribution < -0.4 is 10.0 Å². The average molecular weight is 420 g/mol. The molecule has 0 fully saturated rings. The van der Waals surface area contributed by atoms with Gasteiger partial charge in [0, 0.05) is 19.3 Å². The van der Waals surface area contributed by atoms with Gasteiger partial charge in [-0.15, -0.1) is 0 Å². The predicted octanol–water partition coefficient (Wildman–Crippen LogP) is 2.02. The minimum absolute atomic E-state index is 0.156. The number of ether oxygens (including phenoxy) is 2. The van der Waals surface area contributed by atoms with Crippen molar-refractivity contribution >= 4 is 27.6 Å². The zero-order valence-corrected chi connectivity index (χ0v) is 17.3. The van der Waals surface area contributed by atoms with E-state index in [4.69, 9.17) is 9.47 Å². The third kappa shape index (κ3) is 6.58. The maximum atomic E-state index is 12.5. The summed E-state index contributed by atoms with van der Waals surface area (Å²) >= 11 is 0. The Bertz CT molecular complexity index is 971. The van der Waals surface area contributed by atoms with E-state index in [2.05, 4.69) is 10.0 Å². The lowest BCUT2D eigenvalue weighted by Crippen LogP contribution is -2.31. The van der Waals surface area contributed by atoms with Crippen LogP contribution >= 0.6 is 0 Å². The molecular weight excluding hydrogens is 396 g/mol. The number of amides is 1. The van der Waals surface area contributed by atoms with E-state index in [9.17, 15) is 18.0 Å². The second kappa shape index (κ2) is 10.0.